The summed E-state index contributed by atoms with van der Waals surface area (Å²) in [7, 11) is 0. The van der Waals surface area contributed by atoms with E-state index in [4.69, 9.17) is 32.1 Å². The molecule has 0 saturated heterocycles. The van der Waals surface area contributed by atoms with Gasteiger partial charge >= 0.3 is 0 Å². The maximum absolute atomic E-state index is 5.74. The number of rotatable bonds is 6. The Morgan fingerprint density at radius 1 is 0.224 bits per heavy atom. The second-order valence-corrected chi connectivity index (χ2v) is 35.6. The highest BCUT2D eigenvalue weighted by atomic mass is 32.1. The maximum Gasteiger partial charge on any atom is 0.156 e. The zero-order valence-electron chi connectivity index (χ0n) is 71.4. The molecule has 0 amide bonds. The Bertz CT molecular complexity index is 10100. The SMILES string of the molecule is c1ccc(-c2cnc(-n3c4ccccc4c4ccc5occc5c43)cn2)cc1.c1ccc2c(-n3c4ccccc4c4ccc5occc5c43)cncc2c1.c1ccc2c(c1)sc1c(-n3c4ccccc4c4ccc5occc5c43)cccc12.c1ccc2nc(-n3c4ccccc4c4ccc5occc5c43)ccc2c1.c1ccc2sc(-n3c4ccccc4c4ccc5occc5c43)cc2c1. The third kappa shape index (κ3) is 12.2. The van der Waals surface area contributed by atoms with Crippen molar-refractivity contribution >= 4 is 238 Å². The van der Waals surface area contributed by atoms with Crippen molar-refractivity contribution in [3.63, 3.8) is 0 Å². The van der Waals surface area contributed by atoms with Gasteiger partial charge in [0.25, 0.3) is 0 Å². The van der Waals surface area contributed by atoms with Gasteiger partial charge in [0.1, 0.15) is 38.7 Å². The first-order chi connectivity index (χ1) is 66.5. The molecule has 15 aromatic heterocycles. The average molecular weight is 1760 g/mol. The van der Waals surface area contributed by atoms with Gasteiger partial charge in [-0.3, -0.25) is 23.7 Å². The number of thiophene rings is 2. The third-order valence-corrected chi connectivity index (χ3v) is 28.5. The van der Waals surface area contributed by atoms with E-state index in [2.05, 4.69) is 330 Å². The summed E-state index contributed by atoms with van der Waals surface area (Å²) in [6.45, 7) is 0. The molecule has 0 aliphatic rings. The minimum absolute atomic E-state index is 0.791. The van der Waals surface area contributed by atoms with Crippen LogP contribution in [0.15, 0.2) is 454 Å². The molecule has 0 unspecified atom stereocenters. The van der Waals surface area contributed by atoms with E-state index >= 15 is 0 Å². The lowest BCUT2D eigenvalue weighted by Gasteiger charge is -2.11. The first-order valence-corrected chi connectivity index (χ1v) is 46.1. The van der Waals surface area contributed by atoms with Gasteiger partial charge in [0, 0.05) is 129 Å². The number of benzene rings is 16. The van der Waals surface area contributed by atoms with Crippen LogP contribution in [0.4, 0.5) is 0 Å². The number of aromatic nitrogens is 9. The van der Waals surface area contributed by atoms with Crippen molar-refractivity contribution in [1.82, 2.24) is 42.8 Å². The van der Waals surface area contributed by atoms with E-state index in [1.54, 1.807) is 31.3 Å². The number of furan rings is 5. The van der Waals surface area contributed by atoms with Crippen LogP contribution in [0.2, 0.25) is 0 Å². The number of hydrogen-bond acceptors (Lipinski definition) is 11. The predicted molar refractivity (Wildman–Crippen MR) is 553 cm³/mol. The summed E-state index contributed by atoms with van der Waals surface area (Å²) in [5.41, 5.74) is 21.4. The molecular formula is C118H71N9O5S2. The fourth-order valence-electron chi connectivity index (χ4n) is 20.4. The Labute approximate surface area is 769 Å². The lowest BCUT2D eigenvalue weighted by Crippen LogP contribution is -1.99. The molecule has 0 fully saturated rings. The minimum atomic E-state index is 0.791. The lowest BCUT2D eigenvalue weighted by molar-refractivity contribution is 0.615. The molecule has 0 aliphatic carbocycles. The molecule has 134 heavy (non-hydrogen) atoms. The summed E-state index contributed by atoms with van der Waals surface area (Å²) in [5.74, 6) is 1.71. The van der Waals surface area contributed by atoms with Crippen LogP contribution in [0.25, 0.3) is 255 Å². The number of fused-ring (bicyclic) bond motifs is 31. The monoisotopic (exact) mass is 1760 g/mol. The van der Waals surface area contributed by atoms with E-state index in [1.165, 1.54) is 128 Å². The molecule has 16 aromatic carbocycles. The van der Waals surface area contributed by atoms with E-state index in [9.17, 15) is 0 Å². The quantitative estimate of drug-likeness (QED) is 0.159. The van der Waals surface area contributed by atoms with E-state index in [0.717, 1.165) is 127 Å². The van der Waals surface area contributed by atoms with E-state index in [1.807, 2.05) is 126 Å². The first-order valence-electron chi connectivity index (χ1n) is 44.5. The molecular weight excluding hydrogens is 1690 g/mol. The van der Waals surface area contributed by atoms with Crippen molar-refractivity contribution in [3.8, 4) is 39.3 Å². The minimum Gasteiger partial charge on any atom is -0.464 e. The van der Waals surface area contributed by atoms with Gasteiger partial charge in [-0.25, -0.2) is 9.97 Å². The molecule has 16 heteroatoms. The summed E-state index contributed by atoms with van der Waals surface area (Å²) in [4.78, 5) is 18.9. The van der Waals surface area contributed by atoms with Gasteiger partial charge in [0.15, 0.2) is 5.82 Å². The summed E-state index contributed by atoms with van der Waals surface area (Å²) in [6.07, 6.45) is 16.3. The van der Waals surface area contributed by atoms with Crippen molar-refractivity contribution in [3.05, 3.63) is 432 Å². The van der Waals surface area contributed by atoms with E-state index in [-0.39, 0.29) is 0 Å². The normalized spacial score (nSPS) is 11.9. The predicted octanol–water partition coefficient (Wildman–Crippen LogP) is 32.8. The Morgan fingerprint density at radius 2 is 0.627 bits per heavy atom. The van der Waals surface area contributed by atoms with Gasteiger partial charge in [-0.2, -0.15) is 0 Å². The van der Waals surface area contributed by atoms with Gasteiger partial charge < -0.3 is 31.2 Å². The van der Waals surface area contributed by atoms with Crippen molar-refractivity contribution in [2.45, 2.75) is 0 Å². The standard InChI is InChI=1S/C26H15NOS.C24H15N3O.2C23H14N2O.C22H13NOS/c1-3-9-21-16(6-1)18-12-13-23-20(14-15-28-23)25(18)27(21)22-10-5-8-19-17-7-2-4-11-24(17)29-26(19)22;1-2-6-16(7-3-1)20-14-26-23(15-25-20)27-21-9-5-4-8-17(21)18-10-11-22-19(24(18)27)12-13-28-22;1-3-7-19-15(5-1)9-12-22(24-19)25-20-8-4-2-6-16(20)17-10-11-21-18(23(17)25)13-14-26-21;1-2-6-16-15(5-1)13-24-14-21(16)25-20-8-4-3-7-17(20)18-9-10-22-19(23(18)25)11-12-26-22;1-4-8-20-14(5-1)13-21(25-20)23-18-7-3-2-6-15(18)16-9-10-19-17(22(16)23)11-12-24-19/h1-15H;1-15H;2*1-14H;1-13H. The van der Waals surface area contributed by atoms with Gasteiger partial charge in [0.05, 0.1) is 132 Å². The van der Waals surface area contributed by atoms with Crippen LogP contribution in [-0.4, -0.2) is 42.8 Å². The number of hydrogen-bond donors (Lipinski definition) is 0. The summed E-state index contributed by atoms with van der Waals surface area (Å²) < 4.78 is 43.8. The van der Waals surface area contributed by atoms with Crippen LogP contribution in [-0.2, 0) is 0 Å². The molecule has 0 saturated carbocycles. The molecule has 0 atom stereocenters. The highest BCUT2D eigenvalue weighted by Gasteiger charge is 2.25. The largest absolute Gasteiger partial charge is 0.464 e. The zero-order valence-corrected chi connectivity index (χ0v) is 73.0. The van der Waals surface area contributed by atoms with Gasteiger partial charge in [0.2, 0.25) is 0 Å². The first kappa shape index (κ1) is 76.4. The van der Waals surface area contributed by atoms with Crippen LogP contribution in [0, 0.1) is 0 Å². The Kier molecular flexibility index (Phi) is 17.7. The molecule has 31 aromatic rings. The summed E-state index contributed by atoms with van der Waals surface area (Å²) >= 11 is 3.70. The molecule has 630 valence electrons. The van der Waals surface area contributed by atoms with Gasteiger partial charge in [-0.1, -0.05) is 212 Å². The fraction of sp³-hybridized carbons (Fsp3) is 0. The fourth-order valence-corrected chi connectivity index (χ4v) is 22.7. The summed E-state index contributed by atoms with van der Waals surface area (Å²) in [5, 5.41) is 26.6. The smallest absolute Gasteiger partial charge is 0.156 e. The second-order valence-electron chi connectivity index (χ2n) is 33.5. The lowest BCUT2D eigenvalue weighted by atomic mass is 10.1. The number of pyridine rings is 2. The Hall–Kier alpha value is -17.7. The Balaban J connectivity index is 0.0000000854. The molecule has 0 N–H and O–H groups in total. The number of para-hydroxylation sites is 6. The third-order valence-electron chi connectivity index (χ3n) is 26.2. The van der Waals surface area contributed by atoms with Crippen LogP contribution in [0.1, 0.15) is 0 Å². The molecule has 0 radical (unpaired) electrons. The molecule has 14 nitrogen and oxygen atoms in total. The average Bonchev–Trinajstić information content (AvgIpc) is 1.59. The molecule has 0 aliphatic heterocycles. The van der Waals surface area contributed by atoms with Crippen LogP contribution < -0.4 is 0 Å². The van der Waals surface area contributed by atoms with Crippen molar-refractivity contribution in [2.75, 3.05) is 0 Å². The van der Waals surface area contributed by atoms with Crippen molar-refractivity contribution in [2.24, 2.45) is 0 Å². The van der Waals surface area contributed by atoms with E-state index < -0.39 is 0 Å². The second kappa shape index (κ2) is 31.0. The van der Waals surface area contributed by atoms with Crippen LogP contribution >= 0.6 is 22.7 Å². The Morgan fingerprint density at radius 3 is 1.13 bits per heavy atom. The molecule has 0 bridgehead atoms. The topological polar surface area (TPSA) is 142 Å². The zero-order chi connectivity index (χ0) is 88.0. The molecule has 15 heterocycles. The maximum atomic E-state index is 5.74. The van der Waals surface area contributed by atoms with Crippen molar-refractivity contribution < 1.29 is 22.1 Å². The van der Waals surface area contributed by atoms with Gasteiger partial charge in [-0.05, 0) is 169 Å². The highest BCUT2D eigenvalue weighted by Crippen LogP contribution is 2.47. The van der Waals surface area contributed by atoms with Crippen molar-refractivity contribution in [1.29, 1.82) is 0 Å². The van der Waals surface area contributed by atoms with Crippen LogP contribution in [0.5, 0.6) is 0 Å². The molecule has 0 spiro atoms. The number of nitrogens with zero attached hydrogens (tertiary/aromatic N) is 9. The van der Waals surface area contributed by atoms with E-state index in [0.29, 0.717) is 0 Å². The van der Waals surface area contributed by atoms with Gasteiger partial charge in [-0.15, -0.1) is 22.7 Å². The summed E-state index contributed by atoms with van der Waals surface area (Å²) in [6, 6.07) is 131. The van der Waals surface area contributed by atoms with Crippen LogP contribution in [0.3, 0.4) is 0 Å². The highest BCUT2D eigenvalue weighted by molar-refractivity contribution is 7.26. The molecule has 31 rings (SSSR count).